The fourth-order valence-electron chi connectivity index (χ4n) is 3.86. The van der Waals surface area contributed by atoms with Crippen LogP contribution in [0.4, 0.5) is 0 Å². The van der Waals surface area contributed by atoms with Gasteiger partial charge in [-0.3, -0.25) is 14.2 Å². The molecule has 1 atom stereocenters. The van der Waals surface area contributed by atoms with Gasteiger partial charge < -0.3 is 4.90 Å². The average molecular weight is 392 g/mol. The van der Waals surface area contributed by atoms with Gasteiger partial charge in [0.2, 0.25) is 5.91 Å². The third-order valence-electron chi connectivity index (χ3n) is 5.40. The van der Waals surface area contributed by atoms with E-state index >= 15 is 0 Å². The fraction of sp³-hybridized carbons (Fsp3) is 0.375. The van der Waals surface area contributed by atoms with Gasteiger partial charge in [-0.25, -0.2) is 4.98 Å². The zero-order valence-corrected chi connectivity index (χ0v) is 17.9. The predicted octanol–water partition coefficient (Wildman–Crippen LogP) is 4.71. The van der Waals surface area contributed by atoms with Gasteiger partial charge >= 0.3 is 0 Å². The molecule has 0 aliphatic carbocycles. The van der Waals surface area contributed by atoms with E-state index in [1.54, 1.807) is 22.6 Å². The molecular weight excluding hydrogens is 362 g/mol. The Morgan fingerprint density at radius 3 is 2.52 bits per heavy atom. The molecule has 0 saturated heterocycles. The van der Waals surface area contributed by atoms with Crippen LogP contribution in [0.5, 0.6) is 0 Å². The standard InChI is InChI=1S/C24H29N3O2/c1-6-10-22(28)26(5)20(7-2)23-25-19-12-9-8-11-18(19)24(29)27(23)21-14-13-16(3)15-17(21)4/h8-9,11-15,20H,6-7,10H2,1-5H3. The quantitative estimate of drug-likeness (QED) is 0.611. The van der Waals surface area contributed by atoms with Crippen LogP contribution in [0.25, 0.3) is 16.6 Å². The molecule has 1 heterocycles. The summed E-state index contributed by atoms with van der Waals surface area (Å²) in [7, 11) is 1.81. The lowest BCUT2D eigenvalue weighted by atomic mass is 10.1. The van der Waals surface area contributed by atoms with Crippen molar-refractivity contribution in [2.75, 3.05) is 7.05 Å². The molecule has 0 radical (unpaired) electrons. The Morgan fingerprint density at radius 2 is 1.86 bits per heavy atom. The van der Waals surface area contributed by atoms with Gasteiger partial charge in [-0.05, 0) is 50.5 Å². The molecule has 1 aromatic heterocycles. The van der Waals surface area contributed by atoms with Crippen molar-refractivity contribution in [1.29, 1.82) is 0 Å². The van der Waals surface area contributed by atoms with Crippen LogP contribution in [0.2, 0.25) is 0 Å². The Labute approximate surface area is 172 Å². The molecule has 2 aromatic carbocycles. The molecule has 0 aliphatic rings. The molecule has 0 fully saturated rings. The summed E-state index contributed by atoms with van der Waals surface area (Å²) in [6.07, 6.45) is 1.94. The molecule has 3 rings (SSSR count). The molecule has 152 valence electrons. The number of hydrogen-bond acceptors (Lipinski definition) is 3. The minimum atomic E-state index is -0.285. The molecule has 0 saturated carbocycles. The van der Waals surface area contributed by atoms with Crippen LogP contribution in [-0.4, -0.2) is 27.4 Å². The van der Waals surface area contributed by atoms with Gasteiger partial charge in [0.15, 0.2) is 0 Å². The van der Waals surface area contributed by atoms with Gasteiger partial charge in [-0.15, -0.1) is 0 Å². The van der Waals surface area contributed by atoms with Gasteiger partial charge in [0, 0.05) is 13.5 Å². The largest absolute Gasteiger partial charge is 0.336 e. The van der Waals surface area contributed by atoms with Crippen molar-refractivity contribution >= 4 is 16.8 Å². The lowest BCUT2D eigenvalue weighted by Crippen LogP contribution is -2.36. The molecule has 29 heavy (non-hydrogen) atoms. The summed E-state index contributed by atoms with van der Waals surface area (Å²) in [4.78, 5) is 32.8. The number of carbonyl (C=O) groups is 1. The molecule has 0 N–H and O–H groups in total. The van der Waals surface area contributed by atoms with Gasteiger partial charge in [0.25, 0.3) is 5.56 Å². The average Bonchev–Trinajstić information content (AvgIpc) is 2.70. The third-order valence-corrected chi connectivity index (χ3v) is 5.40. The minimum absolute atomic E-state index is 0.0638. The number of aryl methyl sites for hydroxylation is 2. The number of benzene rings is 2. The summed E-state index contributed by atoms with van der Waals surface area (Å²) >= 11 is 0. The second kappa shape index (κ2) is 8.60. The van der Waals surface area contributed by atoms with E-state index in [0.29, 0.717) is 29.6 Å². The van der Waals surface area contributed by atoms with Crippen molar-refractivity contribution in [3.05, 3.63) is 69.8 Å². The smallest absolute Gasteiger partial charge is 0.266 e. The number of amides is 1. The number of aromatic nitrogens is 2. The van der Waals surface area contributed by atoms with E-state index in [4.69, 9.17) is 4.98 Å². The molecule has 3 aromatic rings. The van der Waals surface area contributed by atoms with Crippen molar-refractivity contribution in [3.63, 3.8) is 0 Å². The normalized spacial score (nSPS) is 12.2. The first-order chi connectivity index (χ1) is 13.9. The Hall–Kier alpha value is -2.95. The van der Waals surface area contributed by atoms with Crippen LogP contribution in [0.1, 0.15) is 56.1 Å². The maximum Gasteiger partial charge on any atom is 0.266 e. The number of para-hydroxylation sites is 1. The zero-order valence-electron chi connectivity index (χ0n) is 17.9. The summed E-state index contributed by atoms with van der Waals surface area (Å²) in [6, 6.07) is 13.1. The fourth-order valence-corrected chi connectivity index (χ4v) is 3.86. The molecule has 1 amide bonds. The highest BCUT2D eigenvalue weighted by molar-refractivity contribution is 5.79. The number of rotatable bonds is 6. The third kappa shape index (κ3) is 3.95. The summed E-state index contributed by atoms with van der Waals surface area (Å²) in [5.41, 5.74) is 3.50. The highest BCUT2D eigenvalue weighted by Crippen LogP contribution is 2.27. The topological polar surface area (TPSA) is 55.2 Å². The van der Waals surface area contributed by atoms with Gasteiger partial charge in [-0.1, -0.05) is 43.7 Å². The van der Waals surface area contributed by atoms with Crippen LogP contribution in [0.15, 0.2) is 47.3 Å². The van der Waals surface area contributed by atoms with Crippen LogP contribution in [0.3, 0.4) is 0 Å². The van der Waals surface area contributed by atoms with E-state index in [1.165, 1.54) is 0 Å². The van der Waals surface area contributed by atoms with Gasteiger partial charge in [0.05, 0.1) is 22.6 Å². The molecule has 0 aliphatic heterocycles. The highest BCUT2D eigenvalue weighted by atomic mass is 16.2. The molecule has 0 spiro atoms. The lowest BCUT2D eigenvalue weighted by molar-refractivity contribution is -0.132. The summed E-state index contributed by atoms with van der Waals surface area (Å²) in [5.74, 6) is 0.670. The molecule has 1 unspecified atom stereocenters. The Balaban J connectivity index is 2.32. The van der Waals surface area contributed by atoms with E-state index in [0.717, 1.165) is 23.2 Å². The second-order valence-electron chi connectivity index (χ2n) is 7.60. The highest BCUT2D eigenvalue weighted by Gasteiger charge is 2.26. The Morgan fingerprint density at radius 1 is 1.14 bits per heavy atom. The Kier molecular flexibility index (Phi) is 6.16. The van der Waals surface area contributed by atoms with E-state index in [2.05, 4.69) is 6.07 Å². The first-order valence-corrected chi connectivity index (χ1v) is 10.2. The maximum absolute atomic E-state index is 13.5. The second-order valence-corrected chi connectivity index (χ2v) is 7.60. The van der Waals surface area contributed by atoms with E-state index in [9.17, 15) is 9.59 Å². The Bertz CT molecular complexity index is 1100. The number of nitrogens with zero attached hydrogens (tertiary/aromatic N) is 3. The number of carbonyl (C=O) groups excluding carboxylic acids is 1. The van der Waals surface area contributed by atoms with Gasteiger partial charge in [0.1, 0.15) is 5.82 Å². The first-order valence-electron chi connectivity index (χ1n) is 10.2. The molecule has 0 bridgehead atoms. The zero-order chi connectivity index (χ0) is 21.1. The number of hydrogen-bond donors (Lipinski definition) is 0. The van der Waals surface area contributed by atoms with Crippen LogP contribution >= 0.6 is 0 Å². The van der Waals surface area contributed by atoms with E-state index in [-0.39, 0.29) is 17.5 Å². The van der Waals surface area contributed by atoms with Crippen molar-refractivity contribution in [2.24, 2.45) is 0 Å². The molecule has 5 heteroatoms. The first kappa shape index (κ1) is 20.8. The van der Waals surface area contributed by atoms with Crippen molar-refractivity contribution in [2.45, 2.75) is 53.0 Å². The summed E-state index contributed by atoms with van der Waals surface area (Å²) < 4.78 is 1.70. The van der Waals surface area contributed by atoms with Crippen molar-refractivity contribution < 1.29 is 4.79 Å². The number of fused-ring (bicyclic) bond motifs is 1. The van der Waals surface area contributed by atoms with Crippen molar-refractivity contribution in [3.8, 4) is 5.69 Å². The predicted molar refractivity (Wildman–Crippen MR) is 118 cm³/mol. The maximum atomic E-state index is 13.5. The molecule has 5 nitrogen and oxygen atoms in total. The summed E-state index contributed by atoms with van der Waals surface area (Å²) in [6.45, 7) is 8.05. The van der Waals surface area contributed by atoms with Crippen molar-refractivity contribution in [1.82, 2.24) is 14.5 Å². The minimum Gasteiger partial charge on any atom is -0.336 e. The van der Waals surface area contributed by atoms with Gasteiger partial charge in [-0.2, -0.15) is 0 Å². The lowest BCUT2D eigenvalue weighted by Gasteiger charge is -2.29. The van der Waals surface area contributed by atoms with E-state index in [1.807, 2.05) is 58.0 Å². The monoisotopic (exact) mass is 391 g/mol. The SMILES string of the molecule is CCCC(=O)N(C)C(CC)c1nc2ccccc2c(=O)n1-c1ccc(C)cc1C. The van der Waals surface area contributed by atoms with Crippen LogP contribution in [-0.2, 0) is 4.79 Å². The van der Waals surface area contributed by atoms with E-state index < -0.39 is 0 Å². The molecular formula is C24H29N3O2. The van der Waals surface area contributed by atoms with Crippen LogP contribution < -0.4 is 5.56 Å². The summed E-state index contributed by atoms with van der Waals surface area (Å²) in [5, 5.41) is 0.577. The van der Waals surface area contributed by atoms with Crippen LogP contribution in [0, 0.1) is 13.8 Å².